The van der Waals surface area contributed by atoms with E-state index in [-0.39, 0.29) is 10.6 Å². The van der Waals surface area contributed by atoms with Gasteiger partial charge >= 0.3 is 5.97 Å². The number of aromatic carboxylic acids is 1. The van der Waals surface area contributed by atoms with Crippen LogP contribution in [0.25, 0.3) is 0 Å². The van der Waals surface area contributed by atoms with Crippen molar-refractivity contribution < 1.29 is 9.90 Å². The zero-order chi connectivity index (χ0) is 10.6. The molecule has 0 bridgehead atoms. The molecule has 0 aliphatic rings. The second-order valence-corrected chi connectivity index (χ2v) is 3.37. The van der Waals surface area contributed by atoms with Gasteiger partial charge in [-0.3, -0.25) is 0 Å². The Kier molecular flexibility index (Phi) is 3.99. The summed E-state index contributed by atoms with van der Waals surface area (Å²) < 4.78 is 0. The molecule has 0 saturated carbocycles. The molecular weight excluding hydrogens is 267 g/mol. The monoisotopic (exact) mass is 272 g/mol. The van der Waals surface area contributed by atoms with Crippen molar-refractivity contribution in [3.05, 3.63) is 34.3 Å². The van der Waals surface area contributed by atoms with Crippen LogP contribution in [-0.2, 0) is 0 Å². The van der Waals surface area contributed by atoms with Gasteiger partial charge in [0.2, 0.25) is 0 Å². The molecule has 2 nitrogen and oxygen atoms in total. The van der Waals surface area contributed by atoms with Gasteiger partial charge in [0.1, 0.15) is 0 Å². The molecule has 1 N–H and O–H groups in total. The summed E-state index contributed by atoms with van der Waals surface area (Å²) in [7, 11) is 0. The van der Waals surface area contributed by atoms with Crippen molar-refractivity contribution in [3.63, 3.8) is 0 Å². The largest absolute Gasteiger partial charge is 0.478 e. The SMILES string of the molecule is O=C(O)c1c(Cl)cccc1C#CCBr. The molecule has 14 heavy (non-hydrogen) atoms. The van der Waals surface area contributed by atoms with Crippen molar-refractivity contribution in [2.75, 3.05) is 5.33 Å². The molecule has 1 aromatic rings. The topological polar surface area (TPSA) is 37.3 Å². The van der Waals surface area contributed by atoms with Crippen LogP contribution in [0, 0.1) is 11.8 Å². The zero-order valence-corrected chi connectivity index (χ0v) is 9.39. The van der Waals surface area contributed by atoms with Crippen LogP contribution in [0.5, 0.6) is 0 Å². The third-order valence-electron chi connectivity index (χ3n) is 1.52. The number of benzene rings is 1. The summed E-state index contributed by atoms with van der Waals surface area (Å²) in [5, 5.41) is 9.59. The van der Waals surface area contributed by atoms with Crippen LogP contribution in [0.3, 0.4) is 0 Å². The summed E-state index contributed by atoms with van der Waals surface area (Å²) in [6.45, 7) is 0. The maximum Gasteiger partial charge on any atom is 0.338 e. The lowest BCUT2D eigenvalue weighted by molar-refractivity contribution is 0.0697. The maximum absolute atomic E-state index is 10.8. The normalized spacial score (nSPS) is 9.00. The molecule has 0 spiro atoms. The molecule has 72 valence electrons. The fraction of sp³-hybridized carbons (Fsp3) is 0.100. The van der Waals surface area contributed by atoms with E-state index >= 15 is 0 Å². The van der Waals surface area contributed by atoms with Crippen molar-refractivity contribution >= 4 is 33.5 Å². The standard InChI is InChI=1S/C10H6BrClO2/c11-6-2-4-7-3-1-5-8(12)9(7)10(13)14/h1,3,5H,6H2,(H,13,14). The summed E-state index contributed by atoms with van der Waals surface area (Å²) >= 11 is 8.88. The number of carboxylic acid groups (broad SMARTS) is 1. The molecule has 4 heteroatoms. The number of hydrogen-bond donors (Lipinski definition) is 1. The van der Waals surface area contributed by atoms with Crippen LogP contribution in [0.4, 0.5) is 0 Å². The van der Waals surface area contributed by atoms with E-state index in [1.165, 1.54) is 6.07 Å². The molecule has 0 fully saturated rings. The first-order valence-corrected chi connectivity index (χ1v) is 5.23. The van der Waals surface area contributed by atoms with E-state index in [1.807, 2.05) is 0 Å². The van der Waals surface area contributed by atoms with Gasteiger partial charge < -0.3 is 5.11 Å². The molecule has 1 aromatic carbocycles. The summed E-state index contributed by atoms with van der Waals surface area (Å²) in [6, 6.07) is 4.84. The minimum Gasteiger partial charge on any atom is -0.478 e. The number of carbonyl (C=O) groups is 1. The lowest BCUT2D eigenvalue weighted by Crippen LogP contribution is -2.00. The fourth-order valence-electron chi connectivity index (χ4n) is 0.974. The first-order chi connectivity index (χ1) is 6.66. The first kappa shape index (κ1) is 11.1. The second kappa shape index (κ2) is 5.04. The zero-order valence-electron chi connectivity index (χ0n) is 7.05. The van der Waals surface area contributed by atoms with Gasteiger partial charge in [-0.1, -0.05) is 45.4 Å². The van der Waals surface area contributed by atoms with Gasteiger partial charge in [-0.2, -0.15) is 0 Å². The lowest BCUT2D eigenvalue weighted by atomic mass is 10.1. The molecule has 0 atom stereocenters. The Balaban J connectivity index is 3.28. The van der Waals surface area contributed by atoms with Gasteiger partial charge in [0.15, 0.2) is 0 Å². The molecule has 0 aromatic heterocycles. The lowest BCUT2D eigenvalue weighted by Gasteiger charge is -2.00. The third-order valence-corrected chi connectivity index (χ3v) is 2.11. The van der Waals surface area contributed by atoms with Crippen molar-refractivity contribution in [1.29, 1.82) is 0 Å². The van der Waals surface area contributed by atoms with Gasteiger partial charge in [0, 0.05) is 5.56 Å². The Morgan fingerprint density at radius 2 is 2.29 bits per heavy atom. The van der Waals surface area contributed by atoms with Crippen LogP contribution in [-0.4, -0.2) is 16.4 Å². The predicted octanol–water partition coefficient (Wildman–Crippen LogP) is 2.78. The Morgan fingerprint density at radius 3 is 2.86 bits per heavy atom. The van der Waals surface area contributed by atoms with E-state index < -0.39 is 5.97 Å². The molecule has 0 amide bonds. The Morgan fingerprint density at radius 1 is 1.57 bits per heavy atom. The highest BCUT2D eigenvalue weighted by Crippen LogP contribution is 2.19. The smallest absolute Gasteiger partial charge is 0.338 e. The highest BCUT2D eigenvalue weighted by atomic mass is 79.9. The molecule has 0 aliphatic heterocycles. The summed E-state index contributed by atoms with van der Waals surface area (Å²) in [5.74, 6) is 4.39. The van der Waals surface area contributed by atoms with Gasteiger partial charge in [-0.15, -0.1) is 0 Å². The molecule has 1 rings (SSSR count). The number of hydrogen-bond acceptors (Lipinski definition) is 1. The van der Waals surface area contributed by atoms with E-state index in [4.69, 9.17) is 16.7 Å². The van der Waals surface area contributed by atoms with E-state index in [2.05, 4.69) is 27.8 Å². The second-order valence-electron chi connectivity index (χ2n) is 2.40. The fourth-order valence-corrected chi connectivity index (χ4v) is 1.37. The van der Waals surface area contributed by atoms with Crippen molar-refractivity contribution in [3.8, 4) is 11.8 Å². The van der Waals surface area contributed by atoms with Crippen molar-refractivity contribution in [1.82, 2.24) is 0 Å². The van der Waals surface area contributed by atoms with E-state index in [1.54, 1.807) is 12.1 Å². The summed E-state index contributed by atoms with van der Waals surface area (Å²) in [6.07, 6.45) is 0. The Hall–Kier alpha value is -0.980. The minimum atomic E-state index is -1.06. The molecular formula is C10H6BrClO2. The predicted molar refractivity (Wildman–Crippen MR) is 59.1 cm³/mol. The molecule has 0 heterocycles. The van der Waals surface area contributed by atoms with Crippen LogP contribution in [0.1, 0.15) is 15.9 Å². The molecule has 0 radical (unpaired) electrons. The third kappa shape index (κ3) is 2.50. The Labute approximate surface area is 95.0 Å². The summed E-state index contributed by atoms with van der Waals surface area (Å²) in [5.41, 5.74) is 0.493. The van der Waals surface area contributed by atoms with Crippen molar-refractivity contribution in [2.45, 2.75) is 0 Å². The molecule has 0 aliphatic carbocycles. The van der Waals surface area contributed by atoms with Crippen LogP contribution in [0.15, 0.2) is 18.2 Å². The summed E-state index contributed by atoms with van der Waals surface area (Å²) in [4.78, 5) is 10.8. The number of alkyl halides is 1. The number of rotatable bonds is 1. The van der Waals surface area contributed by atoms with Crippen LogP contribution >= 0.6 is 27.5 Å². The average molecular weight is 274 g/mol. The number of halogens is 2. The van der Waals surface area contributed by atoms with Gasteiger partial charge in [-0.25, -0.2) is 4.79 Å². The average Bonchev–Trinajstić information content (AvgIpc) is 2.14. The quantitative estimate of drug-likeness (QED) is 0.631. The first-order valence-electron chi connectivity index (χ1n) is 3.73. The van der Waals surface area contributed by atoms with Crippen molar-refractivity contribution in [2.24, 2.45) is 0 Å². The van der Waals surface area contributed by atoms with E-state index in [0.29, 0.717) is 10.9 Å². The van der Waals surface area contributed by atoms with Gasteiger partial charge in [0.25, 0.3) is 0 Å². The number of carboxylic acids is 1. The minimum absolute atomic E-state index is 0.0580. The van der Waals surface area contributed by atoms with Crippen LogP contribution in [0.2, 0.25) is 5.02 Å². The van der Waals surface area contributed by atoms with Gasteiger partial charge in [-0.05, 0) is 12.1 Å². The van der Waals surface area contributed by atoms with E-state index in [9.17, 15) is 4.79 Å². The molecule has 0 saturated heterocycles. The van der Waals surface area contributed by atoms with E-state index in [0.717, 1.165) is 0 Å². The van der Waals surface area contributed by atoms with Crippen LogP contribution < -0.4 is 0 Å². The molecule has 0 unspecified atom stereocenters. The Bertz CT molecular complexity index is 418. The highest BCUT2D eigenvalue weighted by Gasteiger charge is 2.12. The maximum atomic E-state index is 10.8. The highest BCUT2D eigenvalue weighted by molar-refractivity contribution is 9.09. The van der Waals surface area contributed by atoms with Gasteiger partial charge in [0.05, 0.1) is 15.9 Å².